The standard InChI is InChI=1S/C23H23FN4O/c24-20-8-4-5-9-21(20)26-22-11-10-19(16-25-22)23(29)28-14-12-27(13-15-28)17-18-6-2-1-3-7-18/h1-11,16H,12-15,17H2,(H,25,26). The number of hydrogen-bond donors (Lipinski definition) is 1. The first-order valence-electron chi connectivity index (χ1n) is 9.72. The molecule has 0 atom stereocenters. The van der Waals surface area contributed by atoms with Crippen LogP contribution in [0.15, 0.2) is 72.9 Å². The number of nitrogens with one attached hydrogen (secondary N) is 1. The highest BCUT2D eigenvalue weighted by atomic mass is 19.1. The van der Waals surface area contributed by atoms with Crippen molar-refractivity contribution >= 4 is 17.4 Å². The molecule has 0 unspecified atom stereocenters. The van der Waals surface area contributed by atoms with Crippen molar-refractivity contribution in [2.45, 2.75) is 6.54 Å². The predicted octanol–water partition coefficient (Wildman–Crippen LogP) is 3.92. The van der Waals surface area contributed by atoms with Gasteiger partial charge in [0.25, 0.3) is 5.91 Å². The maximum absolute atomic E-state index is 13.7. The van der Waals surface area contributed by atoms with Gasteiger partial charge in [0.1, 0.15) is 11.6 Å². The largest absolute Gasteiger partial charge is 0.338 e. The topological polar surface area (TPSA) is 48.5 Å². The second-order valence-electron chi connectivity index (χ2n) is 7.09. The Morgan fingerprint density at radius 3 is 2.34 bits per heavy atom. The summed E-state index contributed by atoms with van der Waals surface area (Å²) in [6.45, 7) is 3.99. The van der Waals surface area contributed by atoms with Crippen molar-refractivity contribution in [3.63, 3.8) is 0 Å². The van der Waals surface area contributed by atoms with Crippen molar-refractivity contribution in [2.75, 3.05) is 31.5 Å². The van der Waals surface area contributed by atoms with Gasteiger partial charge in [-0.25, -0.2) is 9.37 Å². The van der Waals surface area contributed by atoms with Crippen LogP contribution in [0.4, 0.5) is 15.9 Å². The molecule has 1 N–H and O–H groups in total. The number of aromatic nitrogens is 1. The first-order valence-corrected chi connectivity index (χ1v) is 9.72. The third kappa shape index (κ3) is 4.78. The highest BCUT2D eigenvalue weighted by molar-refractivity contribution is 5.94. The lowest BCUT2D eigenvalue weighted by Crippen LogP contribution is -2.48. The second kappa shape index (κ2) is 8.84. The van der Waals surface area contributed by atoms with Crippen LogP contribution in [0.25, 0.3) is 0 Å². The molecule has 1 saturated heterocycles. The number of hydrogen-bond acceptors (Lipinski definition) is 4. The summed E-state index contributed by atoms with van der Waals surface area (Å²) in [5, 5.41) is 2.93. The Kier molecular flexibility index (Phi) is 5.81. The van der Waals surface area contributed by atoms with Crippen LogP contribution in [0.3, 0.4) is 0 Å². The van der Waals surface area contributed by atoms with E-state index in [0.29, 0.717) is 30.2 Å². The van der Waals surface area contributed by atoms with Gasteiger partial charge >= 0.3 is 0 Å². The lowest BCUT2D eigenvalue weighted by molar-refractivity contribution is 0.0628. The van der Waals surface area contributed by atoms with Gasteiger partial charge in [0.05, 0.1) is 11.3 Å². The molecule has 1 fully saturated rings. The molecule has 0 aliphatic carbocycles. The fraction of sp³-hybridized carbons (Fsp3) is 0.217. The van der Waals surface area contributed by atoms with Crippen LogP contribution >= 0.6 is 0 Å². The summed E-state index contributed by atoms with van der Waals surface area (Å²) in [7, 11) is 0. The number of rotatable bonds is 5. The van der Waals surface area contributed by atoms with E-state index in [0.717, 1.165) is 19.6 Å². The third-order valence-electron chi connectivity index (χ3n) is 5.06. The number of halogens is 1. The van der Waals surface area contributed by atoms with Crippen molar-refractivity contribution in [1.82, 2.24) is 14.8 Å². The molecule has 2 heterocycles. The first kappa shape index (κ1) is 19.1. The maximum atomic E-state index is 13.7. The van der Waals surface area contributed by atoms with Gasteiger partial charge in [-0.3, -0.25) is 9.69 Å². The van der Waals surface area contributed by atoms with Crippen molar-refractivity contribution in [2.24, 2.45) is 0 Å². The number of carbonyl (C=O) groups is 1. The van der Waals surface area contributed by atoms with Gasteiger partial charge in [0.2, 0.25) is 0 Å². The fourth-order valence-corrected chi connectivity index (χ4v) is 3.43. The van der Waals surface area contributed by atoms with E-state index in [9.17, 15) is 9.18 Å². The van der Waals surface area contributed by atoms with Crippen LogP contribution in [0.1, 0.15) is 15.9 Å². The second-order valence-corrected chi connectivity index (χ2v) is 7.09. The van der Waals surface area contributed by atoms with E-state index in [1.54, 1.807) is 36.5 Å². The van der Waals surface area contributed by atoms with E-state index < -0.39 is 0 Å². The van der Waals surface area contributed by atoms with Crippen molar-refractivity contribution < 1.29 is 9.18 Å². The van der Waals surface area contributed by atoms with E-state index in [2.05, 4.69) is 27.3 Å². The van der Waals surface area contributed by atoms with E-state index in [4.69, 9.17) is 0 Å². The molecular formula is C23H23FN4O. The molecule has 0 saturated carbocycles. The van der Waals surface area contributed by atoms with Gasteiger partial charge in [0, 0.05) is 38.9 Å². The Morgan fingerprint density at radius 2 is 1.66 bits per heavy atom. The molecule has 5 nitrogen and oxygen atoms in total. The molecule has 1 aliphatic heterocycles. The minimum atomic E-state index is -0.345. The smallest absolute Gasteiger partial charge is 0.255 e. The van der Waals surface area contributed by atoms with Crippen LogP contribution in [0.2, 0.25) is 0 Å². The monoisotopic (exact) mass is 390 g/mol. The molecule has 2 aromatic carbocycles. The number of anilines is 2. The average molecular weight is 390 g/mol. The number of amides is 1. The van der Waals surface area contributed by atoms with Crippen LogP contribution in [-0.4, -0.2) is 46.9 Å². The van der Waals surface area contributed by atoms with Gasteiger partial charge in [-0.15, -0.1) is 0 Å². The normalized spacial score (nSPS) is 14.6. The van der Waals surface area contributed by atoms with E-state index in [-0.39, 0.29) is 11.7 Å². The lowest BCUT2D eigenvalue weighted by Gasteiger charge is -2.34. The van der Waals surface area contributed by atoms with Crippen molar-refractivity contribution in [3.05, 3.63) is 89.9 Å². The van der Waals surface area contributed by atoms with E-state index in [1.165, 1.54) is 11.6 Å². The zero-order chi connectivity index (χ0) is 20.1. The zero-order valence-electron chi connectivity index (χ0n) is 16.1. The minimum absolute atomic E-state index is 0.0192. The molecule has 4 rings (SSSR count). The number of piperazine rings is 1. The van der Waals surface area contributed by atoms with Gasteiger partial charge in [-0.05, 0) is 29.8 Å². The average Bonchev–Trinajstić information content (AvgIpc) is 2.77. The number of para-hydroxylation sites is 1. The lowest BCUT2D eigenvalue weighted by atomic mass is 10.2. The molecule has 6 heteroatoms. The first-order chi connectivity index (χ1) is 14.2. The van der Waals surface area contributed by atoms with E-state index >= 15 is 0 Å². The Labute approximate surface area is 169 Å². The van der Waals surface area contributed by atoms with Crippen LogP contribution < -0.4 is 5.32 Å². The number of pyridine rings is 1. The summed E-state index contributed by atoms with van der Waals surface area (Å²) in [5.41, 5.74) is 2.18. The third-order valence-corrected chi connectivity index (χ3v) is 5.06. The Bertz CT molecular complexity index is 954. The molecule has 1 aromatic heterocycles. The highest BCUT2D eigenvalue weighted by Gasteiger charge is 2.22. The summed E-state index contributed by atoms with van der Waals surface area (Å²) in [6, 6.07) is 20.2. The quantitative estimate of drug-likeness (QED) is 0.717. The van der Waals surface area contributed by atoms with E-state index in [1.807, 2.05) is 23.1 Å². The molecule has 29 heavy (non-hydrogen) atoms. The summed E-state index contributed by atoms with van der Waals surface area (Å²) in [5.74, 6) is 0.136. The molecule has 1 amide bonds. The number of nitrogens with zero attached hydrogens (tertiary/aromatic N) is 3. The molecule has 0 radical (unpaired) electrons. The molecule has 3 aromatic rings. The van der Waals surface area contributed by atoms with Crippen molar-refractivity contribution in [3.8, 4) is 0 Å². The highest BCUT2D eigenvalue weighted by Crippen LogP contribution is 2.18. The minimum Gasteiger partial charge on any atom is -0.338 e. The summed E-state index contributed by atoms with van der Waals surface area (Å²) in [6.07, 6.45) is 1.54. The fourth-order valence-electron chi connectivity index (χ4n) is 3.43. The maximum Gasteiger partial charge on any atom is 0.255 e. The predicted molar refractivity (Wildman–Crippen MR) is 112 cm³/mol. The summed E-state index contributed by atoms with van der Waals surface area (Å²) < 4.78 is 13.7. The molecule has 0 bridgehead atoms. The van der Waals surface area contributed by atoms with Crippen molar-refractivity contribution in [1.29, 1.82) is 0 Å². The Morgan fingerprint density at radius 1 is 0.931 bits per heavy atom. The van der Waals surface area contributed by atoms with Gasteiger partial charge in [0.15, 0.2) is 0 Å². The Hall–Kier alpha value is -3.25. The number of benzene rings is 2. The molecule has 148 valence electrons. The summed E-state index contributed by atoms with van der Waals surface area (Å²) >= 11 is 0. The summed E-state index contributed by atoms with van der Waals surface area (Å²) in [4.78, 5) is 21.3. The zero-order valence-corrected chi connectivity index (χ0v) is 16.1. The van der Waals surface area contributed by atoms with Gasteiger partial charge < -0.3 is 10.2 Å². The van der Waals surface area contributed by atoms with Crippen LogP contribution in [0, 0.1) is 5.82 Å². The van der Waals surface area contributed by atoms with Crippen LogP contribution in [0.5, 0.6) is 0 Å². The van der Waals surface area contributed by atoms with Gasteiger partial charge in [-0.2, -0.15) is 0 Å². The van der Waals surface area contributed by atoms with Crippen LogP contribution in [-0.2, 0) is 6.54 Å². The Balaban J connectivity index is 1.32. The molecule has 0 spiro atoms. The number of carbonyl (C=O) groups excluding carboxylic acids is 1. The SMILES string of the molecule is O=C(c1ccc(Nc2ccccc2F)nc1)N1CCN(Cc2ccccc2)CC1. The molecule has 1 aliphatic rings. The molecular weight excluding hydrogens is 367 g/mol. The van der Waals surface area contributed by atoms with Gasteiger partial charge in [-0.1, -0.05) is 42.5 Å².